The van der Waals surface area contributed by atoms with Crippen molar-refractivity contribution in [2.45, 2.75) is 27.7 Å². The molecule has 0 saturated carbocycles. The number of alkyl halides is 1. The van der Waals surface area contributed by atoms with E-state index in [0.717, 1.165) is 11.1 Å². The summed E-state index contributed by atoms with van der Waals surface area (Å²) in [5.41, 5.74) is 14.9. The molecule has 1 aromatic carbocycles. The molecule has 0 radical (unpaired) electrons. The monoisotopic (exact) mass is 251 g/mol. The molecule has 1 rings (SSSR count). The molecule has 1 aromatic rings. The summed E-state index contributed by atoms with van der Waals surface area (Å²) in [4.78, 5) is 3.73. The highest BCUT2D eigenvalue weighted by Crippen LogP contribution is 2.20. The summed E-state index contributed by atoms with van der Waals surface area (Å²) in [5.74, 6) is 0. The van der Waals surface area contributed by atoms with Gasteiger partial charge >= 0.3 is 0 Å². The molecule has 18 heavy (non-hydrogen) atoms. The van der Waals surface area contributed by atoms with Crippen LogP contribution in [-0.2, 0) is 0 Å². The Bertz CT molecular complexity index is 415. The smallest absolute Gasteiger partial charge is 0.179 e. The Labute approximate surface area is 108 Å². The topological polar surface area (TPSA) is 64.4 Å². The van der Waals surface area contributed by atoms with E-state index in [-0.39, 0.29) is 0 Å². The molecule has 0 unspecified atom stereocenters. The summed E-state index contributed by atoms with van der Waals surface area (Å²) in [6, 6.07) is 7.25. The largest absolute Gasteiger partial charge is 0.402 e. The standard InChI is InChI=1S/C12H16FN3.C2H6/c1-8(14)12(9(2)16-7-13)10-3-5-11(15)6-4-10;1-2/h3-6H,7,14-15H2,1-2H3;1-2H3/b12-8+,16-9+;. The van der Waals surface area contributed by atoms with Gasteiger partial charge in [-0.3, -0.25) is 4.99 Å². The highest BCUT2D eigenvalue weighted by Gasteiger charge is 2.07. The van der Waals surface area contributed by atoms with Gasteiger partial charge in [0.2, 0.25) is 0 Å². The van der Waals surface area contributed by atoms with Crippen LogP contribution in [-0.4, -0.2) is 12.5 Å². The average molecular weight is 251 g/mol. The number of rotatable bonds is 3. The van der Waals surface area contributed by atoms with Gasteiger partial charge in [0, 0.05) is 22.7 Å². The average Bonchev–Trinajstić information content (AvgIpc) is 2.34. The van der Waals surface area contributed by atoms with Crippen LogP contribution >= 0.6 is 0 Å². The highest BCUT2D eigenvalue weighted by molar-refractivity contribution is 6.23. The molecule has 100 valence electrons. The molecule has 0 spiro atoms. The fourth-order valence-corrected chi connectivity index (χ4v) is 1.54. The molecule has 4 heteroatoms. The minimum atomic E-state index is -0.739. The highest BCUT2D eigenvalue weighted by atomic mass is 19.1. The van der Waals surface area contributed by atoms with Crippen molar-refractivity contribution in [2.75, 3.05) is 12.5 Å². The first kappa shape index (κ1) is 16.2. The zero-order valence-corrected chi connectivity index (χ0v) is 11.5. The van der Waals surface area contributed by atoms with E-state index >= 15 is 0 Å². The molecule has 0 fully saturated rings. The second-order valence-corrected chi connectivity index (χ2v) is 3.54. The quantitative estimate of drug-likeness (QED) is 0.491. The zero-order chi connectivity index (χ0) is 14.1. The fraction of sp³-hybridized carbons (Fsp3) is 0.357. The van der Waals surface area contributed by atoms with Gasteiger partial charge in [0.15, 0.2) is 6.80 Å². The van der Waals surface area contributed by atoms with E-state index in [1.165, 1.54) is 0 Å². The van der Waals surface area contributed by atoms with Crippen molar-refractivity contribution in [3.63, 3.8) is 0 Å². The summed E-state index contributed by atoms with van der Waals surface area (Å²) in [6.45, 7) is 6.77. The molecule has 0 heterocycles. The Balaban J connectivity index is 0.00000137. The van der Waals surface area contributed by atoms with Crippen molar-refractivity contribution >= 4 is 17.0 Å². The third-order valence-corrected chi connectivity index (χ3v) is 2.25. The van der Waals surface area contributed by atoms with E-state index in [1.54, 1.807) is 26.0 Å². The summed E-state index contributed by atoms with van der Waals surface area (Å²) < 4.78 is 12.2. The molecule has 0 aliphatic carbocycles. The Hall–Kier alpha value is -1.84. The van der Waals surface area contributed by atoms with Crippen LogP contribution < -0.4 is 11.5 Å². The number of hydrogen-bond donors (Lipinski definition) is 2. The number of nitrogens with zero attached hydrogens (tertiary/aromatic N) is 1. The van der Waals surface area contributed by atoms with Crippen molar-refractivity contribution in [3.8, 4) is 0 Å². The van der Waals surface area contributed by atoms with Crippen LogP contribution in [0.2, 0.25) is 0 Å². The normalized spacial score (nSPS) is 12.4. The van der Waals surface area contributed by atoms with Gasteiger partial charge in [-0.1, -0.05) is 26.0 Å². The summed E-state index contributed by atoms with van der Waals surface area (Å²) in [5, 5.41) is 0. The molecule has 0 bridgehead atoms. The summed E-state index contributed by atoms with van der Waals surface area (Å²) in [7, 11) is 0. The number of hydrogen-bond acceptors (Lipinski definition) is 3. The van der Waals surface area contributed by atoms with Crippen LogP contribution in [0.4, 0.5) is 10.1 Å². The first-order valence-electron chi connectivity index (χ1n) is 5.96. The van der Waals surface area contributed by atoms with Gasteiger partial charge in [0.25, 0.3) is 0 Å². The molecule has 3 nitrogen and oxygen atoms in total. The van der Waals surface area contributed by atoms with Gasteiger partial charge in [0.1, 0.15) is 0 Å². The minimum Gasteiger partial charge on any atom is -0.402 e. The predicted octanol–water partition coefficient (Wildman–Crippen LogP) is 3.37. The van der Waals surface area contributed by atoms with Crippen molar-refractivity contribution in [1.29, 1.82) is 0 Å². The predicted molar refractivity (Wildman–Crippen MR) is 78.1 cm³/mol. The Kier molecular flexibility index (Phi) is 7.43. The van der Waals surface area contributed by atoms with Gasteiger partial charge in [-0.2, -0.15) is 0 Å². The maximum absolute atomic E-state index is 12.2. The summed E-state index contributed by atoms with van der Waals surface area (Å²) in [6.07, 6.45) is 0. The lowest BCUT2D eigenvalue weighted by Gasteiger charge is -2.10. The third kappa shape index (κ3) is 4.57. The molecule has 0 saturated heterocycles. The lowest BCUT2D eigenvalue weighted by molar-refractivity contribution is 0.513. The fourth-order valence-electron chi connectivity index (χ4n) is 1.54. The van der Waals surface area contributed by atoms with Gasteiger partial charge in [0.05, 0.1) is 0 Å². The lowest BCUT2D eigenvalue weighted by Crippen LogP contribution is -2.06. The van der Waals surface area contributed by atoms with Crippen LogP contribution in [0.3, 0.4) is 0 Å². The number of anilines is 1. The molecular formula is C14H22FN3. The number of aliphatic imine (C=N–C) groups is 1. The van der Waals surface area contributed by atoms with Gasteiger partial charge < -0.3 is 11.5 Å². The van der Waals surface area contributed by atoms with Gasteiger partial charge in [-0.05, 0) is 31.5 Å². The molecular weight excluding hydrogens is 229 g/mol. The lowest BCUT2D eigenvalue weighted by atomic mass is 10.00. The van der Waals surface area contributed by atoms with Crippen LogP contribution in [0.5, 0.6) is 0 Å². The number of allylic oxidation sites excluding steroid dienone is 2. The van der Waals surface area contributed by atoms with Gasteiger partial charge in [-0.15, -0.1) is 0 Å². The van der Waals surface area contributed by atoms with Crippen molar-refractivity contribution in [3.05, 3.63) is 35.5 Å². The number of nitrogen functional groups attached to an aromatic ring is 1. The van der Waals surface area contributed by atoms with E-state index in [2.05, 4.69) is 4.99 Å². The molecule has 4 N–H and O–H groups in total. The van der Waals surface area contributed by atoms with Crippen LogP contribution in [0.1, 0.15) is 33.3 Å². The van der Waals surface area contributed by atoms with Crippen molar-refractivity contribution in [2.24, 2.45) is 10.7 Å². The number of benzene rings is 1. The molecule has 0 aromatic heterocycles. The number of halogens is 1. The minimum absolute atomic E-state index is 0.590. The maximum Gasteiger partial charge on any atom is 0.179 e. The van der Waals surface area contributed by atoms with Crippen LogP contribution in [0.15, 0.2) is 35.0 Å². The Morgan fingerprint density at radius 3 is 2.06 bits per heavy atom. The molecule has 0 aliphatic rings. The first-order chi connectivity index (χ1) is 8.56. The van der Waals surface area contributed by atoms with E-state index in [1.807, 2.05) is 26.0 Å². The zero-order valence-electron chi connectivity index (χ0n) is 11.5. The van der Waals surface area contributed by atoms with Crippen LogP contribution in [0, 0.1) is 0 Å². The molecule has 0 amide bonds. The SMILES string of the molecule is C/C(N)=C(/C(C)=N/CF)c1ccc(N)cc1.CC. The first-order valence-corrected chi connectivity index (χ1v) is 5.96. The Morgan fingerprint density at radius 1 is 1.17 bits per heavy atom. The molecule has 0 atom stereocenters. The maximum atomic E-state index is 12.2. The number of nitrogens with two attached hydrogens (primary N) is 2. The second-order valence-electron chi connectivity index (χ2n) is 3.54. The van der Waals surface area contributed by atoms with Crippen molar-refractivity contribution < 1.29 is 4.39 Å². The van der Waals surface area contributed by atoms with E-state index in [0.29, 0.717) is 17.1 Å². The molecule has 0 aliphatic heterocycles. The third-order valence-electron chi connectivity index (χ3n) is 2.25. The van der Waals surface area contributed by atoms with Crippen LogP contribution in [0.25, 0.3) is 5.57 Å². The van der Waals surface area contributed by atoms with E-state index < -0.39 is 6.80 Å². The second kappa shape index (κ2) is 8.28. The van der Waals surface area contributed by atoms with Gasteiger partial charge in [-0.25, -0.2) is 4.39 Å². The van der Waals surface area contributed by atoms with Crippen molar-refractivity contribution in [1.82, 2.24) is 0 Å². The van der Waals surface area contributed by atoms with E-state index in [9.17, 15) is 4.39 Å². The Morgan fingerprint density at radius 2 is 1.67 bits per heavy atom. The summed E-state index contributed by atoms with van der Waals surface area (Å²) >= 11 is 0. The van der Waals surface area contributed by atoms with E-state index in [4.69, 9.17) is 11.5 Å².